The van der Waals surface area contributed by atoms with Crippen molar-refractivity contribution in [2.24, 2.45) is 0 Å². The van der Waals surface area contributed by atoms with Gasteiger partial charge < -0.3 is 19.6 Å². The van der Waals surface area contributed by atoms with E-state index in [-0.39, 0.29) is 12.0 Å². The average molecular weight is 221 g/mol. The van der Waals surface area contributed by atoms with Gasteiger partial charge in [0.2, 0.25) is 0 Å². The molecular weight excluding hydrogens is 206 g/mol. The van der Waals surface area contributed by atoms with Gasteiger partial charge in [-0.3, -0.25) is 0 Å². The van der Waals surface area contributed by atoms with E-state index >= 15 is 0 Å². The molecule has 1 aromatic carbocycles. The fourth-order valence-electron chi connectivity index (χ4n) is 1.61. The zero-order valence-corrected chi connectivity index (χ0v) is 9.36. The molecule has 0 fully saturated rings. The minimum atomic E-state index is -0.368. The summed E-state index contributed by atoms with van der Waals surface area (Å²) in [6.45, 7) is 4.27. The third-order valence-corrected chi connectivity index (χ3v) is 2.33. The second kappa shape index (κ2) is 4.45. The van der Waals surface area contributed by atoms with Gasteiger partial charge in [-0.1, -0.05) is 0 Å². The molecule has 0 bridgehead atoms. The van der Waals surface area contributed by atoms with Gasteiger partial charge in [-0.2, -0.15) is 0 Å². The second-order valence-electron chi connectivity index (χ2n) is 3.53. The van der Waals surface area contributed by atoms with E-state index in [0.717, 1.165) is 10.9 Å². The molecule has 2 rings (SSSR count). The Morgan fingerprint density at radius 2 is 2.25 bits per heavy atom. The zero-order chi connectivity index (χ0) is 11.5. The summed E-state index contributed by atoms with van der Waals surface area (Å²) >= 11 is 0. The molecule has 1 aromatic heterocycles. The number of fused-ring (bicyclic) bond motifs is 1. The van der Waals surface area contributed by atoms with Gasteiger partial charge in [-0.05, 0) is 26.0 Å². The molecule has 0 saturated heterocycles. The molecule has 16 heavy (non-hydrogen) atoms. The Bertz CT molecular complexity index is 478. The quantitative estimate of drug-likeness (QED) is 0.780. The topological polar surface area (TPSA) is 54.5 Å². The van der Waals surface area contributed by atoms with Crippen molar-refractivity contribution in [1.82, 2.24) is 4.98 Å². The number of benzene rings is 1. The van der Waals surface area contributed by atoms with Gasteiger partial charge in [-0.15, -0.1) is 0 Å². The molecule has 2 N–H and O–H groups in total. The number of H-pyrrole nitrogens is 1. The summed E-state index contributed by atoms with van der Waals surface area (Å²) in [7, 11) is 0. The van der Waals surface area contributed by atoms with Crippen molar-refractivity contribution in [3.63, 3.8) is 0 Å². The van der Waals surface area contributed by atoms with Crippen molar-refractivity contribution < 1.29 is 14.6 Å². The van der Waals surface area contributed by atoms with Crippen molar-refractivity contribution in [3.8, 4) is 11.5 Å². The van der Waals surface area contributed by atoms with E-state index in [4.69, 9.17) is 9.47 Å². The molecule has 0 saturated carbocycles. The highest BCUT2D eigenvalue weighted by Crippen LogP contribution is 2.31. The Morgan fingerprint density at radius 3 is 3.00 bits per heavy atom. The zero-order valence-electron chi connectivity index (χ0n) is 9.36. The van der Waals surface area contributed by atoms with Crippen LogP contribution in [-0.4, -0.2) is 23.0 Å². The highest BCUT2D eigenvalue weighted by Gasteiger charge is 2.09. The summed E-state index contributed by atoms with van der Waals surface area (Å²) < 4.78 is 10.7. The van der Waals surface area contributed by atoms with E-state index in [2.05, 4.69) is 4.98 Å². The van der Waals surface area contributed by atoms with Gasteiger partial charge in [0.15, 0.2) is 17.8 Å². The number of phenols is 1. The first-order chi connectivity index (χ1) is 7.70. The Hall–Kier alpha value is -1.68. The average Bonchev–Trinajstić information content (AvgIpc) is 2.65. The molecule has 2 aromatic rings. The van der Waals surface area contributed by atoms with Crippen LogP contribution in [0.25, 0.3) is 10.9 Å². The summed E-state index contributed by atoms with van der Waals surface area (Å²) in [5.41, 5.74) is 0.883. The molecule has 0 aliphatic rings. The molecule has 0 amide bonds. The predicted molar refractivity (Wildman–Crippen MR) is 61.7 cm³/mol. The van der Waals surface area contributed by atoms with Crippen LogP contribution in [0.5, 0.6) is 11.5 Å². The van der Waals surface area contributed by atoms with E-state index < -0.39 is 0 Å². The third-order valence-electron chi connectivity index (χ3n) is 2.33. The number of rotatable bonds is 4. The van der Waals surface area contributed by atoms with Crippen LogP contribution in [0.1, 0.15) is 13.8 Å². The van der Waals surface area contributed by atoms with E-state index in [1.165, 1.54) is 0 Å². The number of aromatic hydroxyl groups is 1. The van der Waals surface area contributed by atoms with Crippen LogP contribution < -0.4 is 4.74 Å². The SMILES string of the molecule is CCOC(C)Oc1cc2cc[nH]c2cc1O. The van der Waals surface area contributed by atoms with Crippen LogP contribution in [0.2, 0.25) is 0 Å². The number of hydrogen-bond acceptors (Lipinski definition) is 3. The molecule has 4 heteroatoms. The minimum absolute atomic E-state index is 0.113. The minimum Gasteiger partial charge on any atom is -0.504 e. The summed E-state index contributed by atoms with van der Waals surface area (Å²) in [5.74, 6) is 0.551. The number of phenolic OH excluding ortho intramolecular Hbond substituents is 1. The van der Waals surface area contributed by atoms with Gasteiger partial charge in [0, 0.05) is 29.8 Å². The largest absolute Gasteiger partial charge is 0.504 e. The number of ether oxygens (including phenoxy) is 2. The first-order valence-corrected chi connectivity index (χ1v) is 5.29. The Morgan fingerprint density at radius 1 is 1.44 bits per heavy atom. The second-order valence-corrected chi connectivity index (χ2v) is 3.53. The number of hydrogen-bond donors (Lipinski definition) is 2. The van der Waals surface area contributed by atoms with E-state index in [1.54, 1.807) is 19.1 Å². The summed E-state index contributed by atoms with van der Waals surface area (Å²) in [6.07, 6.45) is 1.45. The first-order valence-electron chi connectivity index (χ1n) is 5.29. The standard InChI is InChI=1S/C12H15NO3/c1-3-15-8(2)16-12-6-9-4-5-13-10(9)7-11(12)14/h4-8,13-14H,3H2,1-2H3. The fourth-order valence-corrected chi connectivity index (χ4v) is 1.61. The summed E-state index contributed by atoms with van der Waals surface area (Å²) in [6, 6.07) is 5.35. The maximum atomic E-state index is 9.74. The first kappa shape index (κ1) is 10.8. The highest BCUT2D eigenvalue weighted by atomic mass is 16.7. The van der Waals surface area contributed by atoms with Crippen LogP contribution in [0.3, 0.4) is 0 Å². The monoisotopic (exact) mass is 221 g/mol. The molecule has 1 unspecified atom stereocenters. The van der Waals surface area contributed by atoms with Gasteiger partial charge in [0.1, 0.15) is 0 Å². The van der Waals surface area contributed by atoms with Crippen molar-refractivity contribution in [3.05, 3.63) is 24.4 Å². The van der Waals surface area contributed by atoms with Crippen LogP contribution in [0, 0.1) is 0 Å². The third kappa shape index (κ3) is 2.12. The summed E-state index contributed by atoms with van der Waals surface area (Å²) in [5, 5.41) is 10.7. The fraction of sp³-hybridized carbons (Fsp3) is 0.333. The van der Waals surface area contributed by atoms with Crippen molar-refractivity contribution >= 4 is 10.9 Å². The lowest BCUT2D eigenvalue weighted by atomic mass is 10.2. The normalized spacial score (nSPS) is 12.9. The Balaban J connectivity index is 2.25. The van der Waals surface area contributed by atoms with Gasteiger partial charge in [0.05, 0.1) is 0 Å². The molecule has 0 spiro atoms. The molecule has 86 valence electrons. The molecule has 0 radical (unpaired) electrons. The number of aromatic amines is 1. The van der Waals surface area contributed by atoms with Crippen molar-refractivity contribution in [1.29, 1.82) is 0 Å². The van der Waals surface area contributed by atoms with E-state index in [1.807, 2.05) is 19.2 Å². The van der Waals surface area contributed by atoms with Crippen molar-refractivity contribution in [2.75, 3.05) is 6.61 Å². The van der Waals surface area contributed by atoms with Crippen LogP contribution >= 0.6 is 0 Å². The molecule has 1 atom stereocenters. The molecule has 1 heterocycles. The van der Waals surface area contributed by atoms with Crippen molar-refractivity contribution in [2.45, 2.75) is 20.1 Å². The number of aromatic nitrogens is 1. The predicted octanol–water partition coefficient (Wildman–Crippen LogP) is 2.63. The molecular formula is C12H15NO3. The lowest BCUT2D eigenvalue weighted by molar-refractivity contribution is -0.0623. The molecule has 0 aliphatic carbocycles. The lowest BCUT2D eigenvalue weighted by Gasteiger charge is -2.15. The highest BCUT2D eigenvalue weighted by molar-refractivity contribution is 5.83. The van der Waals surface area contributed by atoms with Gasteiger partial charge in [-0.25, -0.2) is 0 Å². The maximum absolute atomic E-state index is 9.74. The van der Waals surface area contributed by atoms with Gasteiger partial charge >= 0.3 is 0 Å². The Labute approximate surface area is 93.8 Å². The van der Waals surface area contributed by atoms with Crippen LogP contribution in [0.15, 0.2) is 24.4 Å². The van der Waals surface area contributed by atoms with E-state index in [0.29, 0.717) is 12.4 Å². The lowest BCUT2D eigenvalue weighted by Crippen LogP contribution is -2.15. The Kier molecular flexibility index (Phi) is 3.01. The molecule has 0 aliphatic heterocycles. The smallest absolute Gasteiger partial charge is 0.197 e. The molecule has 4 nitrogen and oxygen atoms in total. The number of nitrogens with one attached hydrogen (secondary N) is 1. The maximum Gasteiger partial charge on any atom is 0.197 e. The van der Waals surface area contributed by atoms with Crippen LogP contribution in [0.4, 0.5) is 0 Å². The van der Waals surface area contributed by atoms with E-state index in [9.17, 15) is 5.11 Å². The van der Waals surface area contributed by atoms with Gasteiger partial charge in [0.25, 0.3) is 0 Å². The summed E-state index contributed by atoms with van der Waals surface area (Å²) in [4.78, 5) is 3.02. The van der Waals surface area contributed by atoms with Crippen LogP contribution in [-0.2, 0) is 4.74 Å².